The zero-order valence-corrected chi connectivity index (χ0v) is 12.4. The third kappa shape index (κ3) is 5.59. The van der Waals surface area contributed by atoms with Crippen LogP contribution in [0.1, 0.15) is 22.5 Å². The van der Waals surface area contributed by atoms with Crippen molar-refractivity contribution in [2.45, 2.75) is 13.3 Å². The zero-order chi connectivity index (χ0) is 12.1. The first-order chi connectivity index (χ1) is 8.25. The Hall–Kier alpha value is -1.10. The minimum absolute atomic E-state index is 0. The van der Waals surface area contributed by atoms with Crippen molar-refractivity contribution in [1.82, 2.24) is 15.6 Å². The van der Waals surface area contributed by atoms with Gasteiger partial charge in [-0.05, 0) is 32.0 Å². The van der Waals surface area contributed by atoms with Gasteiger partial charge in [0.15, 0.2) is 0 Å². The number of carbonyl (C=O) groups excluding carboxylic acids is 1. The summed E-state index contributed by atoms with van der Waals surface area (Å²) in [5, 5.41) is 6.15. The molecule has 6 heteroatoms. The molecule has 1 amide bonds. The van der Waals surface area contributed by atoms with E-state index in [4.69, 9.17) is 0 Å². The molecule has 0 atom stereocenters. The van der Waals surface area contributed by atoms with Crippen LogP contribution < -0.4 is 10.6 Å². The molecule has 0 aliphatic carbocycles. The molecule has 2 heterocycles. The van der Waals surface area contributed by atoms with Gasteiger partial charge in [0.1, 0.15) is 0 Å². The lowest BCUT2D eigenvalue weighted by atomic mass is 10.1. The molecule has 2 N–H and O–H groups in total. The number of amides is 1. The highest BCUT2D eigenvalue weighted by Gasteiger charge is 2.07. The van der Waals surface area contributed by atoms with Crippen molar-refractivity contribution in [2.75, 3.05) is 19.6 Å². The van der Waals surface area contributed by atoms with Crippen molar-refractivity contribution >= 4 is 30.7 Å². The predicted octanol–water partition coefficient (Wildman–Crippen LogP) is 1.88. The molecule has 106 valence electrons. The number of rotatable bonds is 3. The topological polar surface area (TPSA) is 54.0 Å². The minimum atomic E-state index is -0.0584. The lowest BCUT2D eigenvalue weighted by Crippen LogP contribution is -2.29. The molecule has 2 rings (SSSR count). The molecule has 0 aromatic carbocycles. The number of pyridine rings is 1. The minimum Gasteiger partial charge on any atom is -0.348 e. The number of hydrogen-bond acceptors (Lipinski definition) is 3. The molecule has 0 fully saturated rings. The van der Waals surface area contributed by atoms with Crippen LogP contribution in [0.3, 0.4) is 0 Å². The van der Waals surface area contributed by atoms with Gasteiger partial charge in [0.05, 0.1) is 5.56 Å². The van der Waals surface area contributed by atoms with Gasteiger partial charge in [-0.1, -0.05) is 11.6 Å². The highest BCUT2D eigenvalue weighted by atomic mass is 35.5. The summed E-state index contributed by atoms with van der Waals surface area (Å²) in [4.78, 5) is 15.9. The second-order valence-corrected chi connectivity index (χ2v) is 4.19. The number of aromatic nitrogens is 1. The fourth-order valence-corrected chi connectivity index (χ4v) is 1.73. The quantitative estimate of drug-likeness (QED) is 0.839. The number of hydrogen-bond donors (Lipinski definition) is 2. The average molecular weight is 304 g/mol. The first kappa shape index (κ1) is 17.9. The van der Waals surface area contributed by atoms with Gasteiger partial charge in [-0.15, -0.1) is 24.8 Å². The van der Waals surface area contributed by atoms with Gasteiger partial charge in [-0.2, -0.15) is 0 Å². The Morgan fingerprint density at radius 3 is 2.79 bits per heavy atom. The SMILES string of the molecule is Cc1ccc(C(=O)NCC2=CCNCC2)cn1.Cl.Cl. The smallest absolute Gasteiger partial charge is 0.253 e. The molecule has 1 aromatic heterocycles. The number of aryl methyl sites for hydroxylation is 1. The summed E-state index contributed by atoms with van der Waals surface area (Å²) in [7, 11) is 0. The third-order valence-electron chi connectivity index (χ3n) is 2.81. The van der Waals surface area contributed by atoms with E-state index in [-0.39, 0.29) is 30.7 Å². The second kappa shape index (κ2) is 8.91. The van der Waals surface area contributed by atoms with Crippen LogP contribution in [0.2, 0.25) is 0 Å². The maximum atomic E-state index is 11.8. The standard InChI is InChI=1S/C13H17N3O.2ClH/c1-10-2-3-12(9-15-10)13(17)16-8-11-4-6-14-7-5-11;;/h2-4,9,14H,5-8H2,1H3,(H,16,17);2*1H. The van der Waals surface area contributed by atoms with E-state index in [0.29, 0.717) is 12.1 Å². The van der Waals surface area contributed by atoms with Crippen LogP contribution in [0.4, 0.5) is 0 Å². The predicted molar refractivity (Wildman–Crippen MR) is 81.4 cm³/mol. The van der Waals surface area contributed by atoms with Gasteiger partial charge < -0.3 is 10.6 Å². The molecule has 0 spiro atoms. The normalized spacial score (nSPS) is 13.6. The van der Waals surface area contributed by atoms with Crippen molar-refractivity contribution < 1.29 is 4.79 Å². The van der Waals surface area contributed by atoms with E-state index in [1.165, 1.54) is 5.57 Å². The van der Waals surface area contributed by atoms with Crippen molar-refractivity contribution in [3.05, 3.63) is 41.2 Å². The zero-order valence-electron chi connectivity index (χ0n) is 10.8. The first-order valence-electron chi connectivity index (χ1n) is 5.85. The lowest BCUT2D eigenvalue weighted by molar-refractivity contribution is 0.0956. The van der Waals surface area contributed by atoms with Gasteiger partial charge in [0, 0.05) is 25.0 Å². The molecular formula is C13H19Cl2N3O. The van der Waals surface area contributed by atoms with Crippen LogP contribution in [0.15, 0.2) is 30.0 Å². The van der Waals surface area contributed by atoms with E-state index in [9.17, 15) is 4.79 Å². The Bertz CT molecular complexity index is 432. The Morgan fingerprint density at radius 2 is 2.21 bits per heavy atom. The summed E-state index contributed by atoms with van der Waals surface area (Å²) in [6.07, 6.45) is 4.76. The molecule has 0 unspecified atom stereocenters. The Morgan fingerprint density at radius 1 is 1.42 bits per heavy atom. The van der Waals surface area contributed by atoms with Gasteiger partial charge in [0.2, 0.25) is 0 Å². The molecule has 0 saturated carbocycles. The van der Waals surface area contributed by atoms with Crippen LogP contribution in [0, 0.1) is 6.92 Å². The number of nitrogens with zero attached hydrogens (tertiary/aromatic N) is 1. The van der Waals surface area contributed by atoms with E-state index < -0.39 is 0 Å². The highest BCUT2D eigenvalue weighted by Crippen LogP contribution is 2.04. The fraction of sp³-hybridized carbons (Fsp3) is 0.385. The van der Waals surface area contributed by atoms with Crippen LogP contribution in [-0.2, 0) is 0 Å². The van der Waals surface area contributed by atoms with E-state index in [1.54, 1.807) is 12.3 Å². The van der Waals surface area contributed by atoms with Crippen LogP contribution >= 0.6 is 24.8 Å². The molecule has 1 aliphatic heterocycles. The highest BCUT2D eigenvalue weighted by molar-refractivity contribution is 5.93. The molecule has 0 saturated heterocycles. The molecule has 0 radical (unpaired) electrons. The molecule has 1 aromatic rings. The van der Waals surface area contributed by atoms with Gasteiger partial charge in [-0.25, -0.2) is 0 Å². The maximum Gasteiger partial charge on any atom is 0.253 e. The molecule has 19 heavy (non-hydrogen) atoms. The Kier molecular flexibility index (Phi) is 8.39. The monoisotopic (exact) mass is 303 g/mol. The molecule has 0 bridgehead atoms. The largest absolute Gasteiger partial charge is 0.348 e. The van der Waals surface area contributed by atoms with Crippen molar-refractivity contribution in [3.8, 4) is 0 Å². The number of halogens is 2. The van der Waals surface area contributed by atoms with Crippen LogP contribution in [0.5, 0.6) is 0 Å². The lowest BCUT2D eigenvalue weighted by Gasteiger charge is -2.14. The van der Waals surface area contributed by atoms with Crippen LogP contribution in [-0.4, -0.2) is 30.5 Å². The Balaban J connectivity index is 0.00000162. The summed E-state index contributed by atoms with van der Waals surface area (Å²) in [6, 6.07) is 3.65. The van der Waals surface area contributed by atoms with E-state index in [0.717, 1.165) is 25.2 Å². The average Bonchev–Trinajstić information content (AvgIpc) is 2.38. The van der Waals surface area contributed by atoms with E-state index in [2.05, 4.69) is 21.7 Å². The van der Waals surface area contributed by atoms with Crippen molar-refractivity contribution in [2.24, 2.45) is 0 Å². The Labute approximate surface area is 125 Å². The van der Waals surface area contributed by atoms with Crippen molar-refractivity contribution in [1.29, 1.82) is 0 Å². The maximum absolute atomic E-state index is 11.8. The molecule has 4 nitrogen and oxygen atoms in total. The second-order valence-electron chi connectivity index (χ2n) is 4.19. The number of carbonyl (C=O) groups is 1. The van der Waals surface area contributed by atoms with Gasteiger partial charge in [0.25, 0.3) is 5.91 Å². The fourth-order valence-electron chi connectivity index (χ4n) is 1.73. The van der Waals surface area contributed by atoms with Gasteiger partial charge in [-0.3, -0.25) is 9.78 Å². The van der Waals surface area contributed by atoms with Crippen LogP contribution in [0.25, 0.3) is 0 Å². The van der Waals surface area contributed by atoms with Crippen molar-refractivity contribution in [3.63, 3.8) is 0 Å². The van der Waals surface area contributed by atoms with E-state index >= 15 is 0 Å². The number of nitrogens with one attached hydrogen (secondary N) is 2. The molecule has 1 aliphatic rings. The van der Waals surface area contributed by atoms with E-state index in [1.807, 2.05) is 13.0 Å². The summed E-state index contributed by atoms with van der Waals surface area (Å²) in [5.41, 5.74) is 2.82. The summed E-state index contributed by atoms with van der Waals surface area (Å²) >= 11 is 0. The summed E-state index contributed by atoms with van der Waals surface area (Å²) in [6.45, 7) is 4.43. The third-order valence-corrected chi connectivity index (χ3v) is 2.81. The molecular weight excluding hydrogens is 285 g/mol. The summed E-state index contributed by atoms with van der Waals surface area (Å²) < 4.78 is 0. The van der Waals surface area contributed by atoms with Gasteiger partial charge >= 0.3 is 0 Å². The first-order valence-corrected chi connectivity index (χ1v) is 5.85. The summed E-state index contributed by atoms with van der Waals surface area (Å²) in [5.74, 6) is -0.0584.